The van der Waals surface area contributed by atoms with Crippen molar-refractivity contribution in [3.8, 4) is 17.2 Å². The summed E-state index contributed by atoms with van der Waals surface area (Å²) in [7, 11) is 0. The predicted molar refractivity (Wildman–Crippen MR) is 93.8 cm³/mol. The van der Waals surface area contributed by atoms with Gasteiger partial charge in [0.1, 0.15) is 19.0 Å². The number of benzene rings is 2. The highest BCUT2D eigenvalue weighted by molar-refractivity contribution is 5.97. The molecule has 2 aromatic carbocycles. The van der Waals surface area contributed by atoms with E-state index in [9.17, 15) is 14.7 Å². The third-order valence-corrected chi connectivity index (χ3v) is 3.91. The monoisotopic (exact) mass is 357 g/mol. The van der Waals surface area contributed by atoms with E-state index in [4.69, 9.17) is 14.2 Å². The fourth-order valence-electron chi connectivity index (χ4n) is 2.38. The third kappa shape index (κ3) is 3.88. The van der Waals surface area contributed by atoms with E-state index in [-0.39, 0.29) is 11.3 Å². The topological polar surface area (TPSA) is 94.1 Å². The summed E-state index contributed by atoms with van der Waals surface area (Å²) < 4.78 is 16.0. The zero-order chi connectivity index (χ0) is 18.7. The average molecular weight is 357 g/mol. The van der Waals surface area contributed by atoms with Gasteiger partial charge in [-0.2, -0.15) is 0 Å². The van der Waals surface area contributed by atoms with E-state index in [1.807, 2.05) is 0 Å². The number of carbonyl (C=O) groups is 2. The van der Waals surface area contributed by atoms with E-state index in [0.717, 1.165) is 0 Å². The average Bonchev–Trinajstić information content (AvgIpc) is 2.63. The van der Waals surface area contributed by atoms with Gasteiger partial charge < -0.3 is 24.6 Å². The molecule has 136 valence electrons. The Labute approximate surface area is 150 Å². The molecule has 7 heteroatoms. The molecule has 3 rings (SSSR count). The van der Waals surface area contributed by atoms with Crippen LogP contribution in [-0.2, 0) is 9.53 Å². The van der Waals surface area contributed by atoms with Crippen molar-refractivity contribution in [3.63, 3.8) is 0 Å². The Morgan fingerprint density at radius 1 is 1.12 bits per heavy atom. The van der Waals surface area contributed by atoms with Gasteiger partial charge in [-0.25, -0.2) is 4.79 Å². The highest BCUT2D eigenvalue weighted by atomic mass is 16.6. The molecular formula is C19H19NO6. The molecule has 1 heterocycles. The van der Waals surface area contributed by atoms with Crippen LogP contribution in [0, 0.1) is 6.92 Å². The van der Waals surface area contributed by atoms with E-state index in [1.165, 1.54) is 19.1 Å². The van der Waals surface area contributed by atoms with Crippen molar-refractivity contribution < 1.29 is 28.9 Å². The van der Waals surface area contributed by atoms with E-state index in [2.05, 4.69) is 5.32 Å². The number of aryl methyl sites for hydroxylation is 1. The van der Waals surface area contributed by atoms with Crippen molar-refractivity contribution in [1.29, 1.82) is 0 Å². The van der Waals surface area contributed by atoms with Gasteiger partial charge in [-0.05, 0) is 43.7 Å². The van der Waals surface area contributed by atoms with Crippen LogP contribution in [0.15, 0.2) is 36.4 Å². The highest BCUT2D eigenvalue weighted by Gasteiger charge is 2.20. The number of fused-ring (bicyclic) bond motifs is 1. The van der Waals surface area contributed by atoms with Crippen LogP contribution in [0.4, 0.5) is 5.69 Å². The van der Waals surface area contributed by atoms with Gasteiger partial charge in [0.2, 0.25) is 0 Å². The predicted octanol–water partition coefficient (Wildman–Crippen LogP) is 2.66. The van der Waals surface area contributed by atoms with E-state index in [0.29, 0.717) is 36.0 Å². The third-order valence-electron chi connectivity index (χ3n) is 3.91. The Morgan fingerprint density at radius 2 is 1.85 bits per heavy atom. The summed E-state index contributed by atoms with van der Waals surface area (Å²) in [6, 6.07) is 9.48. The molecule has 0 fully saturated rings. The number of amides is 1. The first kappa shape index (κ1) is 17.6. The molecule has 0 aromatic heterocycles. The van der Waals surface area contributed by atoms with Gasteiger partial charge in [-0.3, -0.25) is 4.79 Å². The minimum atomic E-state index is -1.01. The van der Waals surface area contributed by atoms with Gasteiger partial charge >= 0.3 is 5.97 Å². The van der Waals surface area contributed by atoms with Crippen molar-refractivity contribution in [2.75, 3.05) is 18.5 Å². The quantitative estimate of drug-likeness (QED) is 0.817. The summed E-state index contributed by atoms with van der Waals surface area (Å²) in [5.41, 5.74) is 1.33. The number of phenols is 1. The lowest BCUT2D eigenvalue weighted by molar-refractivity contribution is -0.123. The van der Waals surface area contributed by atoms with Crippen molar-refractivity contribution >= 4 is 17.6 Å². The molecule has 0 unspecified atom stereocenters. The SMILES string of the molecule is Cc1ccc(C(=O)O[C@H](C)C(=O)Nc2ccc3c(c2)OCCO3)cc1O. The van der Waals surface area contributed by atoms with Gasteiger partial charge in [0.05, 0.1) is 5.56 Å². The second kappa shape index (κ2) is 7.35. The van der Waals surface area contributed by atoms with Gasteiger partial charge in [0, 0.05) is 11.8 Å². The molecule has 1 amide bonds. The maximum absolute atomic E-state index is 12.3. The lowest BCUT2D eigenvalue weighted by Crippen LogP contribution is -2.30. The number of anilines is 1. The number of phenolic OH excluding ortho intramolecular Hbond substituents is 1. The van der Waals surface area contributed by atoms with Gasteiger partial charge in [0.15, 0.2) is 17.6 Å². The first-order valence-corrected chi connectivity index (χ1v) is 8.15. The van der Waals surface area contributed by atoms with Crippen LogP contribution >= 0.6 is 0 Å². The lowest BCUT2D eigenvalue weighted by Gasteiger charge is -2.19. The Balaban J connectivity index is 1.62. The number of aromatic hydroxyl groups is 1. The number of hydrogen-bond acceptors (Lipinski definition) is 6. The van der Waals surface area contributed by atoms with Gasteiger partial charge in [-0.15, -0.1) is 0 Å². The zero-order valence-corrected chi connectivity index (χ0v) is 14.4. The first-order valence-electron chi connectivity index (χ1n) is 8.15. The number of esters is 1. The highest BCUT2D eigenvalue weighted by Crippen LogP contribution is 2.32. The molecule has 0 radical (unpaired) electrons. The summed E-state index contributed by atoms with van der Waals surface area (Å²) in [6.45, 7) is 4.12. The Morgan fingerprint density at radius 3 is 2.58 bits per heavy atom. The standard InChI is InChI=1S/C19H19NO6/c1-11-3-4-13(9-15(11)21)19(23)26-12(2)18(22)20-14-5-6-16-17(10-14)25-8-7-24-16/h3-6,9-10,12,21H,7-8H2,1-2H3,(H,20,22)/t12-/m1/s1. The molecule has 1 aliphatic rings. The molecule has 7 nitrogen and oxygen atoms in total. The summed E-state index contributed by atoms with van der Waals surface area (Å²) in [5, 5.41) is 12.3. The maximum Gasteiger partial charge on any atom is 0.339 e. The van der Waals surface area contributed by atoms with Crippen molar-refractivity contribution in [1.82, 2.24) is 0 Å². The number of carbonyl (C=O) groups excluding carboxylic acids is 2. The van der Waals surface area contributed by atoms with E-state index < -0.39 is 18.0 Å². The minimum absolute atomic E-state index is 0.00664. The molecule has 1 atom stereocenters. The maximum atomic E-state index is 12.3. The van der Waals surface area contributed by atoms with Crippen molar-refractivity contribution in [2.24, 2.45) is 0 Å². The summed E-state index contributed by atoms with van der Waals surface area (Å²) in [5.74, 6) is -0.00829. The molecular weight excluding hydrogens is 338 g/mol. The molecule has 2 aromatic rings. The molecule has 0 saturated heterocycles. The fourth-order valence-corrected chi connectivity index (χ4v) is 2.38. The molecule has 0 spiro atoms. The van der Waals surface area contributed by atoms with Crippen LogP contribution in [0.3, 0.4) is 0 Å². The normalized spacial score (nSPS) is 13.6. The zero-order valence-electron chi connectivity index (χ0n) is 14.4. The smallest absolute Gasteiger partial charge is 0.339 e. The Bertz CT molecular complexity index is 848. The number of rotatable bonds is 4. The molecule has 2 N–H and O–H groups in total. The number of hydrogen-bond donors (Lipinski definition) is 2. The van der Waals surface area contributed by atoms with E-state index >= 15 is 0 Å². The van der Waals surface area contributed by atoms with Crippen LogP contribution in [0.1, 0.15) is 22.8 Å². The summed E-state index contributed by atoms with van der Waals surface area (Å²) >= 11 is 0. The van der Waals surface area contributed by atoms with Crippen LogP contribution in [0.25, 0.3) is 0 Å². The Hall–Kier alpha value is -3.22. The second-order valence-electron chi connectivity index (χ2n) is 5.90. The summed E-state index contributed by atoms with van der Waals surface area (Å²) in [6.07, 6.45) is -1.01. The van der Waals surface area contributed by atoms with Crippen molar-refractivity contribution in [3.05, 3.63) is 47.5 Å². The number of ether oxygens (including phenoxy) is 3. The fraction of sp³-hybridized carbons (Fsp3) is 0.263. The lowest BCUT2D eigenvalue weighted by atomic mass is 10.1. The number of nitrogens with one attached hydrogen (secondary N) is 1. The largest absolute Gasteiger partial charge is 0.508 e. The van der Waals surface area contributed by atoms with E-state index in [1.54, 1.807) is 31.2 Å². The van der Waals surface area contributed by atoms with Crippen molar-refractivity contribution in [2.45, 2.75) is 20.0 Å². The van der Waals surface area contributed by atoms with Crippen LogP contribution < -0.4 is 14.8 Å². The first-order chi connectivity index (χ1) is 12.4. The summed E-state index contributed by atoms with van der Waals surface area (Å²) in [4.78, 5) is 24.4. The molecule has 26 heavy (non-hydrogen) atoms. The minimum Gasteiger partial charge on any atom is -0.508 e. The molecule has 0 saturated carbocycles. The second-order valence-corrected chi connectivity index (χ2v) is 5.90. The van der Waals surface area contributed by atoms with Gasteiger partial charge in [0.25, 0.3) is 5.91 Å². The van der Waals surface area contributed by atoms with Gasteiger partial charge in [-0.1, -0.05) is 6.07 Å². The molecule has 0 bridgehead atoms. The van der Waals surface area contributed by atoms with Crippen LogP contribution in [0.2, 0.25) is 0 Å². The molecule has 0 aliphatic carbocycles. The van der Waals surface area contributed by atoms with Crippen LogP contribution in [-0.4, -0.2) is 36.3 Å². The molecule has 1 aliphatic heterocycles. The van der Waals surface area contributed by atoms with Crippen LogP contribution in [0.5, 0.6) is 17.2 Å². The Kier molecular flexibility index (Phi) is 4.97.